The van der Waals surface area contributed by atoms with Gasteiger partial charge < -0.3 is 10.2 Å². The number of nitriles is 1. The summed E-state index contributed by atoms with van der Waals surface area (Å²) in [7, 11) is 1.95. The van der Waals surface area contributed by atoms with Gasteiger partial charge in [-0.25, -0.2) is 0 Å². The van der Waals surface area contributed by atoms with Crippen molar-refractivity contribution in [1.29, 1.82) is 5.26 Å². The van der Waals surface area contributed by atoms with Gasteiger partial charge in [-0.15, -0.1) is 11.3 Å². The highest BCUT2D eigenvalue weighted by molar-refractivity contribution is 7.14. The molecule has 6 nitrogen and oxygen atoms in total. The van der Waals surface area contributed by atoms with E-state index < -0.39 is 0 Å². The van der Waals surface area contributed by atoms with Crippen LogP contribution in [0.1, 0.15) is 36.3 Å². The Balaban J connectivity index is 1.42. The molecule has 7 heteroatoms. The molecule has 1 aliphatic rings. The summed E-state index contributed by atoms with van der Waals surface area (Å²) in [5, 5.41) is 18.5. The smallest absolute Gasteiger partial charge is 0.226 e. The van der Waals surface area contributed by atoms with E-state index in [1.54, 1.807) is 6.07 Å². The number of anilines is 1. The van der Waals surface area contributed by atoms with E-state index in [0.29, 0.717) is 22.9 Å². The molecule has 1 fully saturated rings. The number of piperidine rings is 1. The summed E-state index contributed by atoms with van der Waals surface area (Å²) in [5.41, 5.74) is 1.85. The number of aryl methyl sites for hydroxylation is 1. The zero-order valence-corrected chi connectivity index (χ0v) is 14.6. The van der Waals surface area contributed by atoms with Gasteiger partial charge in [0.25, 0.3) is 0 Å². The number of hydrogen-bond acceptors (Lipinski definition) is 5. The number of carbonyl (C=O) groups excluding carboxylic acids is 1. The number of rotatable bonds is 5. The van der Waals surface area contributed by atoms with Crippen molar-refractivity contribution in [2.24, 2.45) is 7.05 Å². The number of carbonyl (C=O) groups is 1. The van der Waals surface area contributed by atoms with Crippen molar-refractivity contribution < 1.29 is 4.79 Å². The summed E-state index contributed by atoms with van der Waals surface area (Å²) in [6.45, 7) is 2.78. The Hall–Kier alpha value is -2.17. The first kappa shape index (κ1) is 16.7. The highest BCUT2D eigenvalue weighted by Crippen LogP contribution is 2.27. The highest BCUT2D eigenvalue weighted by atomic mass is 32.1. The minimum absolute atomic E-state index is 0.0247. The van der Waals surface area contributed by atoms with E-state index >= 15 is 0 Å². The van der Waals surface area contributed by atoms with Gasteiger partial charge in [0.2, 0.25) is 5.91 Å². The maximum absolute atomic E-state index is 12.1. The van der Waals surface area contributed by atoms with Gasteiger partial charge in [0.1, 0.15) is 11.1 Å². The van der Waals surface area contributed by atoms with Gasteiger partial charge in [-0.2, -0.15) is 10.4 Å². The van der Waals surface area contributed by atoms with Crippen molar-refractivity contribution in [3.8, 4) is 6.07 Å². The van der Waals surface area contributed by atoms with Crippen LogP contribution in [0.5, 0.6) is 0 Å². The molecule has 1 N–H and O–H groups in total. The summed E-state index contributed by atoms with van der Waals surface area (Å²) in [4.78, 5) is 14.4. The van der Waals surface area contributed by atoms with Gasteiger partial charge in [0.15, 0.2) is 0 Å². The molecule has 126 valence electrons. The second kappa shape index (κ2) is 7.60. The van der Waals surface area contributed by atoms with E-state index in [-0.39, 0.29) is 5.91 Å². The molecule has 0 saturated carbocycles. The quantitative estimate of drug-likeness (QED) is 0.905. The Labute approximate surface area is 145 Å². The fourth-order valence-electron chi connectivity index (χ4n) is 3.08. The maximum atomic E-state index is 12.1. The predicted octanol–water partition coefficient (Wildman–Crippen LogP) is 2.56. The number of aromatic nitrogens is 2. The Morgan fingerprint density at radius 3 is 2.96 bits per heavy atom. The summed E-state index contributed by atoms with van der Waals surface area (Å²) < 4.78 is 1.85. The minimum atomic E-state index is -0.0247. The third-order valence-electron chi connectivity index (χ3n) is 4.48. The summed E-state index contributed by atoms with van der Waals surface area (Å²) in [6, 6.07) is 3.81. The fourth-order valence-corrected chi connectivity index (χ4v) is 3.84. The summed E-state index contributed by atoms with van der Waals surface area (Å²) in [5.74, 6) is 0.552. The molecule has 0 spiro atoms. The standard InChI is InChI=1S/C17H21N5OS/c1-21-12-15(11-19-21)13-2-6-22(7-3-13)8-4-16(23)20-17-14(10-18)5-9-24-17/h5,9,11-13H,2-4,6-8H2,1H3,(H,20,23). The van der Waals surface area contributed by atoms with E-state index in [2.05, 4.69) is 27.6 Å². The molecular formula is C17H21N5OS. The average molecular weight is 343 g/mol. The van der Waals surface area contributed by atoms with Crippen molar-refractivity contribution in [2.75, 3.05) is 25.0 Å². The Bertz CT molecular complexity index is 736. The molecule has 0 atom stereocenters. The maximum Gasteiger partial charge on any atom is 0.226 e. The molecular weight excluding hydrogens is 322 g/mol. The zero-order valence-electron chi connectivity index (χ0n) is 13.7. The summed E-state index contributed by atoms with van der Waals surface area (Å²) >= 11 is 1.39. The van der Waals surface area contributed by atoms with Crippen LogP contribution in [0.2, 0.25) is 0 Å². The molecule has 1 aliphatic heterocycles. The number of nitrogens with one attached hydrogen (secondary N) is 1. The molecule has 24 heavy (non-hydrogen) atoms. The monoisotopic (exact) mass is 343 g/mol. The lowest BCUT2D eigenvalue weighted by molar-refractivity contribution is -0.116. The number of thiophene rings is 1. The molecule has 1 amide bonds. The molecule has 2 aromatic rings. The van der Waals surface area contributed by atoms with Crippen LogP contribution in [0.15, 0.2) is 23.8 Å². The van der Waals surface area contributed by atoms with Crippen molar-refractivity contribution in [2.45, 2.75) is 25.2 Å². The van der Waals surface area contributed by atoms with Crippen molar-refractivity contribution in [3.05, 3.63) is 35.0 Å². The van der Waals surface area contributed by atoms with Gasteiger partial charge in [-0.05, 0) is 48.9 Å². The Morgan fingerprint density at radius 1 is 1.50 bits per heavy atom. The van der Waals surface area contributed by atoms with E-state index in [4.69, 9.17) is 5.26 Å². The molecule has 0 radical (unpaired) electrons. The van der Waals surface area contributed by atoms with Crippen molar-refractivity contribution >= 4 is 22.2 Å². The summed E-state index contributed by atoms with van der Waals surface area (Å²) in [6.07, 6.45) is 6.73. The van der Waals surface area contributed by atoms with Gasteiger partial charge in [0.05, 0.1) is 11.8 Å². The van der Waals surface area contributed by atoms with Crippen molar-refractivity contribution in [1.82, 2.24) is 14.7 Å². The van der Waals surface area contributed by atoms with Gasteiger partial charge >= 0.3 is 0 Å². The average Bonchev–Trinajstić information content (AvgIpc) is 3.22. The second-order valence-corrected chi connectivity index (χ2v) is 7.05. The third-order valence-corrected chi connectivity index (χ3v) is 5.31. The van der Waals surface area contributed by atoms with E-state index in [1.807, 2.05) is 23.3 Å². The topological polar surface area (TPSA) is 74.0 Å². The molecule has 0 aromatic carbocycles. The molecule has 1 saturated heterocycles. The lowest BCUT2D eigenvalue weighted by Gasteiger charge is -2.31. The zero-order chi connectivity index (χ0) is 16.9. The van der Waals surface area contributed by atoms with Gasteiger partial charge in [-0.1, -0.05) is 0 Å². The second-order valence-electron chi connectivity index (χ2n) is 6.14. The van der Waals surface area contributed by atoms with Crippen LogP contribution in [0.4, 0.5) is 5.00 Å². The molecule has 0 aliphatic carbocycles. The fraction of sp³-hybridized carbons (Fsp3) is 0.471. The SMILES string of the molecule is Cn1cc(C2CCN(CCC(=O)Nc3sccc3C#N)CC2)cn1. The lowest BCUT2D eigenvalue weighted by Crippen LogP contribution is -2.35. The van der Waals surface area contributed by atoms with E-state index in [1.165, 1.54) is 16.9 Å². The number of amides is 1. The van der Waals surface area contributed by atoms with Crippen LogP contribution in [0.25, 0.3) is 0 Å². The van der Waals surface area contributed by atoms with Gasteiger partial charge in [0, 0.05) is 26.2 Å². The van der Waals surface area contributed by atoms with Crippen LogP contribution in [0, 0.1) is 11.3 Å². The van der Waals surface area contributed by atoms with Crippen LogP contribution < -0.4 is 5.32 Å². The number of likely N-dealkylation sites (tertiary alicyclic amines) is 1. The molecule has 3 heterocycles. The number of hydrogen-bond donors (Lipinski definition) is 1. The van der Waals surface area contributed by atoms with Crippen LogP contribution >= 0.6 is 11.3 Å². The molecule has 0 bridgehead atoms. The number of nitrogens with zero attached hydrogens (tertiary/aromatic N) is 4. The normalized spacial score (nSPS) is 16.0. The van der Waals surface area contributed by atoms with Crippen molar-refractivity contribution in [3.63, 3.8) is 0 Å². The van der Waals surface area contributed by atoms with Gasteiger partial charge in [-0.3, -0.25) is 9.48 Å². The first-order chi connectivity index (χ1) is 11.7. The Kier molecular flexibility index (Phi) is 5.28. The predicted molar refractivity (Wildman–Crippen MR) is 93.9 cm³/mol. The molecule has 3 rings (SSSR count). The third kappa shape index (κ3) is 4.02. The van der Waals surface area contributed by atoms with Crippen LogP contribution in [-0.4, -0.2) is 40.2 Å². The van der Waals surface area contributed by atoms with E-state index in [9.17, 15) is 4.79 Å². The molecule has 0 unspecified atom stereocenters. The largest absolute Gasteiger partial charge is 0.317 e. The van der Waals surface area contributed by atoms with Crippen LogP contribution in [-0.2, 0) is 11.8 Å². The minimum Gasteiger partial charge on any atom is -0.317 e. The highest BCUT2D eigenvalue weighted by Gasteiger charge is 2.22. The Morgan fingerprint density at radius 2 is 2.29 bits per heavy atom. The van der Waals surface area contributed by atoms with E-state index in [0.717, 1.165) is 32.5 Å². The molecule has 2 aromatic heterocycles. The first-order valence-electron chi connectivity index (χ1n) is 8.14. The first-order valence-corrected chi connectivity index (χ1v) is 9.02. The van der Waals surface area contributed by atoms with Crippen LogP contribution in [0.3, 0.4) is 0 Å². The lowest BCUT2D eigenvalue weighted by atomic mass is 9.91.